The fourth-order valence-corrected chi connectivity index (χ4v) is 6.09. The van der Waals surface area contributed by atoms with Gasteiger partial charge in [-0.15, -0.1) is 0 Å². The lowest BCUT2D eigenvalue weighted by atomic mass is 10.0. The Morgan fingerprint density at radius 3 is 2.38 bits per heavy atom. The van der Waals surface area contributed by atoms with E-state index < -0.39 is 9.84 Å². The van der Waals surface area contributed by atoms with Crippen molar-refractivity contribution in [2.45, 2.75) is 31.8 Å². The van der Waals surface area contributed by atoms with Crippen molar-refractivity contribution in [2.24, 2.45) is 0 Å². The van der Waals surface area contributed by atoms with E-state index in [1.165, 1.54) is 0 Å². The number of carbonyl (C=O) groups is 1. The molecule has 2 saturated heterocycles. The minimum absolute atomic E-state index is 0.0397. The maximum atomic E-state index is 12.8. The van der Waals surface area contributed by atoms with Gasteiger partial charge in [0, 0.05) is 45.3 Å². The fraction of sp³-hybridized carbons (Fsp3) is 0.632. The number of benzene rings is 1. The number of amides is 1. The van der Waals surface area contributed by atoms with E-state index >= 15 is 0 Å². The number of hydrogen-bond donors (Lipinski definition) is 0. The first-order valence-corrected chi connectivity index (χ1v) is 11.1. The first kappa shape index (κ1) is 19.2. The molecule has 26 heavy (non-hydrogen) atoms. The van der Waals surface area contributed by atoms with Crippen LogP contribution in [-0.4, -0.2) is 81.4 Å². The van der Waals surface area contributed by atoms with Crippen molar-refractivity contribution in [1.82, 2.24) is 9.80 Å². The Hall–Kier alpha value is -1.60. The van der Waals surface area contributed by atoms with Crippen LogP contribution in [0.4, 0.5) is 5.69 Å². The summed E-state index contributed by atoms with van der Waals surface area (Å²) in [6.07, 6.45) is 1.11. The fourth-order valence-electron chi connectivity index (χ4n) is 4.08. The van der Waals surface area contributed by atoms with E-state index in [1.54, 1.807) is 0 Å². The van der Waals surface area contributed by atoms with Crippen LogP contribution in [-0.2, 0) is 21.1 Å². The van der Waals surface area contributed by atoms with Gasteiger partial charge in [-0.25, -0.2) is 8.42 Å². The molecule has 1 amide bonds. The third kappa shape index (κ3) is 4.04. The lowest BCUT2D eigenvalue weighted by Crippen LogP contribution is -2.60. The molecule has 1 aromatic rings. The number of piperazine rings is 1. The molecule has 1 aromatic carbocycles. The summed E-state index contributed by atoms with van der Waals surface area (Å²) in [7, 11) is 0.943. The van der Waals surface area contributed by atoms with Crippen LogP contribution in [0.1, 0.15) is 18.9 Å². The minimum atomic E-state index is -3.06. The van der Waals surface area contributed by atoms with Crippen LogP contribution in [0.5, 0.6) is 0 Å². The smallest absolute Gasteiger partial charge is 0.223 e. The molecule has 2 aliphatic rings. The van der Waals surface area contributed by atoms with E-state index in [9.17, 15) is 13.2 Å². The number of sulfone groups is 1. The van der Waals surface area contributed by atoms with Crippen molar-refractivity contribution in [3.05, 3.63) is 29.8 Å². The number of nitrogens with zero attached hydrogens (tertiary/aromatic N) is 3. The summed E-state index contributed by atoms with van der Waals surface area (Å²) in [4.78, 5) is 18.9. The van der Waals surface area contributed by atoms with Crippen molar-refractivity contribution in [2.75, 3.05) is 50.1 Å². The normalized spacial score (nSPS) is 25.1. The molecule has 0 aliphatic carbocycles. The highest BCUT2D eigenvalue weighted by molar-refractivity contribution is 7.91. The predicted octanol–water partition coefficient (Wildman–Crippen LogP) is 1.01. The first-order chi connectivity index (χ1) is 12.3. The van der Waals surface area contributed by atoms with Crippen LogP contribution < -0.4 is 4.90 Å². The number of carbonyl (C=O) groups excluding carboxylic acids is 1. The predicted molar refractivity (Wildman–Crippen MR) is 104 cm³/mol. The molecular weight excluding hydrogens is 350 g/mol. The Morgan fingerprint density at radius 1 is 1.12 bits per heavy atom. The standard InChI is InChI=1S/C19H29N3O3S/c1-4-21-11-12-22(18-14-26(24,25)13-17(18)21)19(23)10-7-15-5-8-16(9-6-15)20(2)3/h5-6,8-9,17-18H,4,7,10-14H2,1-3H3/t17-,18+/m1/s1. The molecule has 2 aliphatic heterocycles. The van der Waals surface area contributed by atoms with Gasteiger partial charge in [-0.2, -0.15) is 0 Å². The van der Waals surface area contributed by atoms with Crippen molar-refractivity contribution < 1.29 is 13.2 Å². The van der Waals surface area contributed by atoms with Gasteiger partial charge in [-0.3, -0.25) is 9.69 Å². The van der Waals surface area contributed by atoms with Crippen LogP contribution in [0.15, 0.2) is 24.3 Å². The van der Waals surface area contributed by atoms with Gasteiger partial charge in [-0.05, 0) is 30.7 Å². The van der Waals surface area contributed by atoms with Crippen molar-refractivity contribution >= 4 is 21.4 Å². The Balaban J connectivity index is 1.64. The number of likely N-dealkylation sites (N-methyl/N-ethyl adjacent to an activating group) is 1. The van der Waals surface area contributed by atoms with Crippen LogP contribution in [0.3, 0.4) is 0 Å². The molecule has 0 N–H and O–H groups in total. The third-order valence-electron chi connectivity index (χ3n) is 5.60. The third-order valence-corrected chi connectivity index (χ3v) is 7.30. The van der Waals surface area contributed by atoms with Crippen LogP contribution in [0.2, 0.25) is 0 Å². The van der Waals surface area contributed by atoms with Gasteiger partial charge in [0.1, 0.15) is 0 Å². The van der Waals surface area contributed by atoms with Gasteiger partial charge in [0.15, 0.2) is 9.84 Å². The molecule has 2 atom stereocenters. The second-order valence-corrected chi connectivity index (χ2v) is 9.64. The van der Waals surface area contributed by atoms with Crippen LogP contribution in [0, 0.1) is 0 Å². The summed E-state index contributed by atoms with van der Waals surface area (Å²) in [5, 5.41) is 0. The quantitative estimate of drug-likeness (QED) is 0.764. The highest BCUT2D eigenvalue weighted by atomic mass is 32.2. The molecule has 2 fully saturated rings. The number of rotatable bonds is 5. The average molecular weight is 380 g/mol. The first-order valence-electron chi connectivity index (χ1n) is 9.31. The molecule has 144 valence electrons. The molecule has 2 heterocycles. The highest BCUT2D eigenvalue weighted by Crippen LogP contribution is 2.27. The SMILES string of the molecule is CCN1CCN(C(=O)CCc2ccc(N(C)C)cc2)[C@H]2CS(=O)(=O)C[C@H]21. The van der Waals surface area contributed by atoms with Gasteiger partial charge in [0.05, 0.1) is 17.5 Å². The maximum Gasteiger partial charge on any atom is 0.223 e. The number of anilines is 1. The summed E-state index contributed by atoms with van der Waals surface area (Å²) in [6, 6.07) is 8.00. The van der Waals surface area contributed by atoms with Gasteiger partial charge in [-0.1, -0.05) is 19.1 Å². The molecule has 0 saturated carbocycles. The monoisotopic (exact) mass is 379 g/mol. The number of hydrogen-bond acceptors (Lipinski definition) is 5. The zero-order chi connectivity index (χ0) is 18.9. The number of fused-ring (bicyclic) bond motifs is 1. The summed E-state index contributed by atoms with van der Waals surface area (Å²) in [5.74, 6) is 0.364. The van der Waals surface area contributed by atoms with Gasteiger partial charge < -0.3 is 9.80 Å². The molecule has 3 rings (SSSR count). The Morgan fingerprint density at radius 2 is 1.77 bits per heavy atom. The zero-order valence-electron chi connectivity index (χ0n) is 15.9. The van der Waals surface area contributed by atoms with Crippen LogP contribution in [0.25, 0.3) is 0 Å². The van der Waals surface area contributed by atoms with Crippen molar-refractivity contribution in [3.63, 3.8) is 0 Å². The van der Waals surface area contributed by atoms with E-state index in [0.29, 0.717) is 19.4 Å². The zero-order valence-corrected chi connectivity index (χ0v) is 16.7. The van der Waals surface area contributed by atoms with E-state index in [-0.39, 0.29) is 29.5 Å². The lowest BCUT2D eigenvalue weighted by Gasteiger charge is -2.43. The summed E-state index contributed by atoms with van der Waals surface area (Å²) >= 11 is 0. The minimum Gasteiger partial charge on any atom is -0.378 e. The summed E-state index contributed by atoms with van der Waals surface area (Å²) < 4.78 is 24.2. The maximum absolute atomic E-state index is 12.8. The lowest BCUT2D eigenvalue weighted by molar-refractivity contribution is -0.136. The average Bonchev–Trinajstić information content (AvgIpc) is 2.93. The molecule has 7 heteroatoms. The van der Waals surface area contributed by atoms with E-state index in [0.717, 1.165) is 24.3 Å². The second kappa shape index (κ2) is 7.56. The number of aryl methyl sites for hydroxylation is 1. The van der Waals surface area contributed by atoms with E-state index in [1.807, 2.05) is 23.9 Å². The molecule has 0 radical (unpaired) electrons. The Bertz CT molecular complexity index is 746. The van der Waals surface area contributed by atoms with E-state index in [2.05, 4.69) is 36.1 Å². The molecule has 0 bridgehead atoms. The molecule has 6 nitrogen and oxygen atoms in total. The van der Waals surface area contributed by atoms with Crippen molar-refractivity contribution in [3.8, 4) is 0 Å². The van der Waals surface area contributed by atoms with Gasteiger partial charge in [0.2, 0.25) is 5.91 Å². The Labute approximate surface area is 156 Å². The van der Waals surface area contributed by atoms with Gasteiger partial charge >= 0.3 is 0 Å². The topological polar surface area (TPSA) is 60.9 Å². The van der Waals surface area contributed by atoms with Gasteiger partial charge in [0.25, 0.3) is 0 Å². The Kier molecular flexibility index (Phi) is 5.58. The largest absolute Gasteiger partial charge is 0.378 e. The highest BCUT2D eigenvalue weighted by Gasteiger charge is 2.47. The summed E-state index contributed by atoms with van der Waals surface area (Å²) in [5.41, 5.74) is 2.27. The van der Waals surface area contributed by atoms with Crippen molar-refractivity contribution in [1.29, 1.82) is 0 Å². The molecule has 0 aromatic heterocycles. The van der Waals surface area contributed by atoms with E-state index in [4.69, 9.17) is 0 Å². The molecule has 0 spiro atoms. The molecular formula is C19H29N3O3S. The second-order valence-electron chi connectivity index (χ2n) is 7.49. The summed E-state index contributed by atoms with van der Waals surface area (Å²) in [6.45, 7) is 4.27. The molecule has 0 unspecified atom stereocenters. The van der Waals surface area contributed by atoms with Crippen LogP contribution >= 0.6 is 0 Å².